The van der Waals surface area contributed by atoms with Gasteiger partial charge < -0.3 is 14.0 Å². The zero-order valence-corrected chi connectivity index (χ0v) is 15.4. The summed E-state index contributed by atoms with van der Waals surface area (Å²) in [5.74, 6) is -0.111. The average molecular weight is 339 g/mol. The summed E-state index contributed by atoms with van der Waals surface area (Å²) < 4.78 is 16.0. The fourth-order valence-corrected chi connectivity index (χ4v) is 3.37. The highest BCUT2D eigenvalue weighted by molar-refractivity contribution is 5.84. The van der Waals surface area contributed by atoms with E-state index in [0.29, 0.717) is 25.1 Å². The fourth-order valence-electron chi connectivity index (χ4n) is 3.37. The van der Waals surface area contributed by atoms with Crippen molar-refractivity contribution in [2.75, 3.05) is 19.8 Å². The van der Waals surface area contributed by atoms with Gasteiger partial charge in [0.1, 0.15) is 0 Å². The van der Waals surface area contributed by atoms with Crippen molar-refractivity contribution >= 4 is 5.97 Å². The number of aromatic nitrogens is 2. The molecule has 0 spiro atoms. The Balaban J connectivity index is 2.03. The van der Waals surface area contributed by atoms with Crippen LogP contribution in [-0.2, 0) is 16.0 Å². The Morgan fingerprint density at radius 1 is 1.33 bits per heavy atom. The molecule has 0 amide bonds. The number of rotatable bonds is 9. The van der Waals surface area contributed by atoms with Crippen molar-refractivity contribution in [1.29, 1.82) is 0 Å². The molecule has 0 saturated heterocycles. The molecule has 2 rings (SSSR count). The van der Waals surface area contributed by atoms with Crippen LogP contribution in [0.5, 0.6) is 0 Å². The van der Waals surface area contributed by atoms with Crippen molar-refractivity contribution in [3.8, 4) is 0 Å². The topological polar surface area (TPSA) is 77.7 Å². The van der Waals surface area contributed by atoms with Crippen LogP contribution in [0.25, 0.3) is 0 Å². The maximum absolute atomic E-state index is 11.7. The molecule has 0 unspecified atom stereocenters. The van der Waals surface area contributed by atoms with E-state index in [-0.39, 0.29) is 17.3 Å². The summed E-state index contributed by atoms with van der Waals surface area (Å²) in [6, 6.07) is 0.395. The van der Waals surface area contributed by atoms with Gasteiger partial charge in [0.25, 0.3) is 5.82 Å². The van der Waals surface area contributed by atoms with Gasteiger partial charge in [0.05, 0.1) is 19.3 Å². The number of carbonyl (C=O) groups is 1. The normalized spacial score (nSPS) is 22.4. The first kappa shape index (κ1) is 18.9. The van der Waals surface area contributed by atoms with Crippen molar-refractivity contribution in [1.82, 2.24) is 15.0 Å². The third-order valence-corrected chi connectivity index (χ3v) is 4.71. The number of esters is 1. The van der Waals surface area contributed by atoms with E-state index in [9.17, 15) is 4.79 Å². The lowest BCUT2D eigenvalue weighted by Crippen LogP contribution is -2.62. The molecule has 0 bridgehead atoms. The number of hydrogen-bond acceptors (Lipinski definition) is 7. The molecular weight excluding hydrogens is 310 g/mol. The van der Waals surface area contributed by atoms with Gasteiger partial charge in [0.15, 0.2) is 0 Å². The Kier molecular flexibility index (Phi) is 6.34. The van der Waals surface area contributed by atoms with Crippen LogP contribution >= 0.6 is 0 Å². The molecule has 0 aliphatic heterocycles. The third kappa shape index (κ3) is 3.95. The van der Waals surface area contributed by atoms with Gasteiger partial charge in [-0.25, -0.2) is 4.79 Å². The molecule has 0 radical (unpaired) electrons. The summed E-state index contributed by atoms with van der Waals surface area (Å²) in [7, 11) is 0. The Labute approximate surface area is 143 Å². The lowest BCUT2D eigenvalue weighted by molar-refractivity contribution is -0.153. The van der Waals surface area contributed by atoms with E-state index in [1.165, 1.54) is 0 Å². The maximum atomic E-state index is 11.7. The van der Waals surface area contributed by atoms with Crippen LogP contribution in [0.1, 0.15) is 64.0 Å². The summed E-state index contributed by atoms with van der Waals surface area (Å²) in [5, 5.41) is 3.72. The summed E-state index contributed by atoms with van der Waals surface area (Å²) in [4.78, 5) is 18.2. The third-order valence-electron chi connectivity index (χ3n) is 4.71. The predicted octanol–water partition coefficient (Wildman–Crippen LogP) is 2.66. The second kappa shape index (κ2) is 8.07. The van der Waals surface area contributed by atoms with Crippen LogP contribution in [0.15, 0.2) is 4.52 Å². The van der Waals surface area contributed by atoms with Gasteiger partial charge in [-0.05, 0) is 38.4 Å². The Morgan fingerprint density at radius 2 is 2.08 bits per heavy atom. The molecule has 1 heterocycles. The first-order valence-corrected chi connectivity index (χ1v) is 8.79. The molecule has 24 heavy (non-hydrogen) atoms. The molecule has 1 fully saturated rings. The standard InChI is InChI=1S/C17H29N3O4/c1-6-9-20(12-10-13(22-7-2)17(12,4)5)11-14-18-15(19-24-14)16(21)23-8-3/h12-13H,6-11H2,1-5H3/t12-,13-/m0/s1. The molecule has 136 valence electrons. The summed E-state index contributed by atoms with van der Waals surface area (Å²) >= 11 is 0. The largest absolute Gasteiger partial charge is 0.460 e. The van der Waals surface area contributed by atoms with Crippen molar-refractivity contribution in [2.45, 2.75) is 66.2 Å². The predicted molar refractivity (Wildman–Crippen MR) is 88.6 cm³/mol. The number of ether oxygens (including phenoxy) is 2. The van der Waals surface area contributed by atoms with Crippen LogP contribution in [0.4, 0.5) is 0 Å². The zero-order valence-electron chi connectivity index (χ0n) is 15.4. The van der Waals surface area contributed by atoms with E-state index in [4.69, 9.17) is 14.0 Å². The van der Waals surface area contributed by atoms with Gasteiger partial charge in [-0.15, -0.1) is 0 Å². The molecule has 0 N–H and O–H groups in total. The Morgan fingerprint density at radius 3 is 2.67 bits per heavy atom. The second-order valence-electron chi connectivity index (χ2n) is 6.72. The molecule has 1 aliphatic rings. The molecule has 1 aromatic rings. The van der Waals surface area contributed by atoms with E-state index in [0.717, 1.165) is 26.0 Å². The van der Waals surface area contributed by atoms with Crippen LogP contribution in [0.2, 0.25) is 0 Å². The van der Waals surface area contributed by atoms with Crippen LogP contribution < -0.4 is 0 Å². The lowest BCUT2D eigenvalue weighted by atomic mass is 9.63. The van der Waals surface area contributed by atoms with Gasteiger partial charge in [0.2, 0.25) is 5.89 Å². The van der Waals surface area contributed by atoms with Crippen LogP contribution in [0, 0.1) is 5.41 Å². The molecular formula is C17H29N3O4. The van der Waals surface area contributed by atoms with Crippen molar-refractivity contribution in [2.24, 2.45) is 5.41 Å². The summed E-state index contributed by atoms with van der Waals surface area (Å²) in [5.41, 5.74) is 0.0785. The number of nitrogens with zero attached hydrogens (tertiary/aromatic N) is 3. The smallest absolute Gasteiger partial charge is 0.379 e. The molecule has 0 aromatic carbocycles. The van der Waals surface area contributed by atoms with Crippen LogP contribution in [-0.4, -0.2) is 52.9 Å². The van der Waals surface area contributed by atoms with Crippen molar-refractivity contribution < 1.29 is 18.8 Å². The molecule has 1 aliphatic carbocycles. The average Bonchev–Trinajstić information content (AvgIpc) is 3.00. The quantitative estimate of drug-likeness (QED) is 0.640. The number of hydrogen-bond donors (Lipinski definition) is 0. The number of carbonyl (C=O) groups excluding carboxylic acids is 1. The second-order valence-corrected chi connectivity index (χ2v) is 6.72. The SMILES string of the molecule is CCCN(Cc1nc(C(=O)OCC)no1)[C@H]1C[C@H](OCC)C1(C)C. The minimum Gasteiger partial charge on any atom is -0.460 e. The highest BCUT2D eigenvalue weighted by atomic mass is 16.5. The Hall–Kier alpha value is -1.47. The molecule has 1 saturated carbocycles. The highest BCUT2D eigenvalue weighted by Gasteiger charge is 2.51. The van der Waals surface area contributed by atoms with Gasteiger partial charge >= 0.3 is 5.97 Å². The summed E-state index contributed by atoms with van der Waals surface area (Å²) in [6.45, 7) is 12.9. The molecule has 7 nitrogen and oxygen atoms in total. The highest BCUT2D eigenvalue weighted by Crippen LogP contribution is 2.46. The molecule has 7 heteroatoms. The van der Waals surface area contributed by atoms with Gasteiger partial charge in [-0.2, -0.15) is 4.98 Å². The minimum atomic E-state index is -0.546. The van der Waals surface area contributed by atoms with Crippen molar-refractivity contribution in [3.63, 3.8) is 0 Å². The first-order chi connectivity index (χ1) is 11.4. The molecule has 1 aromatic heterocycles. The minimum absolute atomic E-state index is 0.0108. The van der Waals surface area contributed by atoms with E-state index in [1.54, 1.807) is 6.92 Å². The van der Waals surface area contributed by atoms with Gasteiger partial charge in [0, 0.05) is 18.1 Å². The summed E-state index contributed by atoms with van der Waals surface area (Å²) in [6.07, 6.45) is 2.31. The van der Waals surface area contributed by atoms with E-state index < -0.39 is 5.97 Å². The zero-order chi connectivity index (χ0) is 17.7. The van der Waals surface area contributed by atoms with E-state index in [2.05, 4.69) is 35.8 Å². The van der Waals surface area contributed by atoms with E-state index in [1.807, 2.05) is 6.92 Å². The Bertz CT molecular complexity index is 544. The van der Waals surface area contributed by atoms with Crippen LogP contribution in [0.3, 0.4) is 0 Å². The fraction of sp³-hybridized carbons (Fsp3) is 0.824. The lowest BCUT2D eigenvalue weighted by Gasteiger charge is -2.55. The van der Waals surface area contributed by atoms with Gasteiger partial charge in [-0.1, -0.05) is 20.8 Å². The molecule has 2 atom stereocenters. The van der Waals surface area contributed by atoms with Gasteiger partial charge in [-0.3, -0.25) is 4.90 Å². The van der Waals surface area contributed by atoms with Crippen molar-refractivity contribution in [3.05, 3.63) is 11.7 Å². The monoisotopic (exact) mass is 339 g/mol. The van der Waals surface area contributed by atoms with E-state index >= 15 is 0 Å². The first-order valence-electron chi connectivity index (χ1n) is 8.79. The maximum Gasteiger partial charge on any atom is 0.379 e.